The van der Waals surface area contributed by atoms with Crippen LogP contribution in [0.15, 0.2) is 16.7 Å². The van der Waals surface area contributed by atoms with Crippen LogP contribution in [0.4, 0.5) is 0 Å². The summed E-state index contributed by atoms with van der Waals surface area (Å²) in [7, 11) is 0. The van der Waals surface area contributed by atoms with Gasteiger partial charge in [0, 0.05) is 5.39 Å². The zero-order valence-electron chi connectivity index (χ0n) is 7.50. The lowest BCUT2D eigenvalue weighted by atomic mass is 10.1. The molecule has 0 aliphatic rings. The quantitative estimate of drug-likeness (QED) is 0.624. The van der Waals surface area contributed by atoms with Gasteiger partial charge in [0.05, 0.1) is 11.3 Å². The molecule has 0 fully saturated rings. The second kappa shape index (κ2) is 2.69. The highest BCUT2D eigenvalue weighted by atomic mass is 16.5. The molecule has 1 aromatic heterocycles. The van der Waals surface area contributed by atoms with E-state index in [1.807, 2.05) is 19.9 Å². The zero-order chi connectivity index (χ0) is 9.42. The van der Waals surface area contributed by atoms with Crippen LogP contribution >= 0.6 is 0 Å². The van der Waals surface area contributed by atoms with E-state index in [1.165, 1.54) is 0 Å². The van der Waals surface area contributed by atoms with Gasteiger partial charge in [-0.3, -0.25) is 4.79 Å². The Morgan fingerprint density at radius 1 is 1.38 bits per heavy atom. The van der Waals surface area contributed by atoms with Gasteiger partial charge in [-0.05, 0) is 25.5 Å². The van der Waals surface area contributed by atoms with Crippen molar-refractivity contribution in [2.75, 3.05) is 0 Å². The van der Waals surface area contributed by atoms with E-state index in [-0.39, 0.29) is 0 Å². The Labute approximate surface area is 75.3 Å². The van der Waals surface area contributed by atoms with Crippen molar-refractivity contribution in [1.29, 1.82) is 0 Å². The Hall–Kier alpha value is -1.64. The number of aldehydes is 1. The summed E-state index contributed by atoms with van der Waals surface area (Å²) in [5.74, 6) is 0. The van der Waals surface area contributed by atoms with E-state index in [0.717, 1.165) is 22.9 Å². The molecular formula is C10H9NO2. The fourth-order valence-electron chi connectivity index (χ4n) is 1.50. The van der Waals surface area contributed by atoms with E-state index < -0.39 is 0 Å². The predicted octanol–water partition coefficient (Wildman–Crippen LogP) is 2.26. The summed E-state index contributed by atoms with van der Waals surface area (Å²) >= 11 is 0. The summed E-state index contributed by atoms with van der Waals surface area (Å²) in [6, 6.07) is 3.64. The van der Waals surface area contributed by atoms with Crippen molar-refractivity contribution < 1.29 is 9.32 Å². The molecule has 13 heavy (non-hydrogen) atoms. The third kappa shape index (κ3) is 1.04. The largest absolute Gasteiger partial charge is 0.355 e. The molecule has 0 aliphatic carbocycles. The molecule has 2 aromatic rings. The molecule has 0 unspecified atom stereocenters. The normalized spacial score (nSPS) is 10.6. The van der Waals surface area contributed by atoms with E-state index in [2.05, 4.69) is 5.16 Å². The van der Waals surface area contributed by atoms with Crippen LogP contribution in [-0.2, 0) is 0 Å². The summed E-state index contributed by atoms with van der Waals surface area (Å²) < 4.78 is 5.07. The minimum Gasteiger partial charge on any atom is -0.355 e. The molecule has 1 aromatic carbocycles. The van der Waals surface area contributed by atoms with E-state index in [1.54, 1.807) is 6.07 Å². The van der Waals surface area contributed by atoms with Gasteiger partial charge >= 0.3 is 0 Å². The van der Waals surface area contributed by atoms with Crippen molar-refractivity contribution in [3.8, 4) is 0 Å². The first-order valence-corrected chi connectivity index (χ1v) is 4.05. The Morgan fingerprint density at radius 3 is 2.85 bits per heavy atom. The maximum Gasteiger partial charge on any atom is 0.177 e. The molecule has 0 spiro atoms. The van der Waals surface area contributed by atoms with Crippen LogP contribution < -0.4 is 0 Å². The van der Waals surface area contributed by atoms with Crippen molar-refractivity contribution in [1.82, 2.24) is 5.16 Å². The fourth-order valence-corrected chi connectivity index (χ4v) is 1.50. The molecule has 0 radical (unpaired) electrons. The number of fused-ring (bicyclic) bond motifs is 1. The number of nitrogens with zero attached hydrogens (tertiary/aromatic N) is 1. The van der Waals surface area contributed by atoms with Crippen molar-refractivity contribution >= 4 is 17.3 Å². The molecule has 0 aliphatic heterocycles. The topological polar surface area (TPSA) is 43.1 Å². The zero-order valence-corrected chi connectivity index (χ0v) is 7.50. The summed E-state index contributed by atoms with van der Waals surface area (Å²) in [5.41, 5.74) is 3.06. The molecule has 0 N–H and O–H groups in total. The molecule has 3 heteroatoms. The molecule has 0 bridgehead atoms. The van der Waals surface area contributed by atoms with Gasteiger partial charge in [-0.25, -0.2) is 0 Å². The predicted molar refractivity (Wildman–Crippen MR) is 48.9 cm³/mol. The van der Waals surface area contributed by atoms with Crippen molar-refractivity contribution in [3.63, 3.8) is 0 Å². The van der Waals surface area contributed by atoms with Crippen LogP contribution in [0.5, 0.6) is 0 Å². The molecule has 0 atom stereocenters. The van der Waals surface area contributed by atoms with Gasteiger partial charge in [-0.15, -0.1) is 0 Å². The van der Waals surface area contributed by atoms with Crippen LogP contribution in [0.1, 0.15) is 21.6 Å². The van der Waals surface area contributed by atoms with Gasteiger partial charge in [0.15, 0.2) is 11.9 Å². The minimum absolute atomic E-state index is 0.557. The Kier molecular flexibility index (Phi) is 1.65. The lowest BCUT2D eigenvalue weighted by molar-refractivity contribution is 0.112. The Balaban J connectivity index is 2.95. The second-order valence-electron chi connectivity index (χ2n) is 3.06. The highest BCUT2D eigenvalue weighted by Crippen LogP contribution is 2.24. The summed E-state index contributed by atoms with van der Waals surface area (Å²) in [4.78, 5) is 10.7. The number of rotatable bonds is 1. The maximum atomic E-state index is 10.7. The third-order valence-electron chi connectivity index (χ3n) is 2.16. The van der Waals surface area contributed by atoms with Gasteiger partial charge < -0.3 is 4.52 Å². The SMILES string of the molecule is Cc1ccc(C=O)c2onc(C)c12. The van der Waals surface area contributed by atoms with Crippen LogP contribution in [0.25, 0.3) is 11.0 Å². The molecule has 0 amide bonds. The maximum absolute atomic E-state index is 10.7. The summed E-state index contributed by atoms with van der Waals surface area (Å²) in [5, 5.41) is 4.78. The average molecular weight is 175 g/mol. The summed E-state index contributed by atoms with van der Waals surface area (Å²) in [6.45, 7) is 3.84. The van der Waals surface area contributed by atoms with Gasteiger partial charge in [-0.1, -0.05) is 11.2 Å². The standard InChI is InChI=1S/C10H9NO2/c1-6-3-4-8(5-12)10-9(6)7(2)11-13-10/h3-5H,1-2H3. The van der Waals surface area contributed by atoms with Crippen molar-refractivity contribution in [3.05, 3.63) is 29.0 Å². The Bertz CT molecular complexity index is 471. The third-order valence-corrected chi connectivity index (χ3v) is 2.16. The van der Waals surface area contributed by atoms with Crippen LogP contribution in [-0.4, -0.2) is 11.4 Å². The second-order valence-corrected chi connectivity index (χ2v) is 3.06. The smallest absolute Gasteiger partial charge is 0.177 e. The molecule has 1 heterocycles. The molecular weight excluding hydrogens is 166 g/mol. The van der Waals surface area contributed by atoms with Gasteiger partial charge in [0.2, 0.25) is 0 Å². The lowest BCUT2D eigenvalue weighted by Crippen LogP contribution is -1.83. The number of aromatic nitrogens is 1. The number of hydrogen-bond donors (Lipinski definition) is 0. The molecule has 0 saturated heterocycles. The number of carbonyl (C=O) groups is 1. The molecule has 0 saturated carbocycles. The van der Waals surface area contributed by atoms with E-state index in [0.29, 0.717) is 11.1 Å². The van der Waals surface area contributed by atoms with Crippen molar-refractivity contribution in [2.24, 2.45) is 0 Å². The van der Waals surface area contributed by atoms with Gasteiger partial charge in [0.25, 0.3) is 0 Å². The van der Waals surface area contributed by atoms with E-state index in [4.69, 9.17) is 4.52 Å². The molecule has 2 rings (SSSR count). The number of hydrogen-bond acceptors (Lipinski definition) is 3. The summed E-state index contributed by atoms with van der Waals surface area (Å²) in [6.07, 6.45) is 0.784. The minimum atomic E-state index is 0.557. The fraction of sp³-hybridized carbons (Fsp3) is 0.200. The molecule has 3 nitrogen and oxygen atoms in total. The van der Waals surface area contributed by atoms with Gasteiger partial charge in [-0.2, -0.15) is 0 Å². The van der Waals surface area contributed by atoms with Crippen LogP contribution in [0.2, 0.25) is 0 Å². The molecule has 66 valence electrons. The average Bonchev–Trinajstić information content (AvgIpc) is 2.50. The van der Waals surface area contributed by atoms with E-state index in [9.17, 15) is 4.79 Å². The number of benzene rings is 1. The van der Waals surface area contributed by atoms with E-state index >= 15 is 0 Å². The number of carbonyl (C=O) groups excluding carboxylic acids is 1. The lowest BCUT2D eigenvalue weighted by Gasteiger charge is -1.95. The number of aryl methyl sites for hydroxylation is 2. The first-order valence-electron chi connectivity index (χ1n) is 4.05. The first-order chi connectivity index (χ1) is 6.24. The first kappa shape index (κ1) is 7.98. The highest BCUT2D eigenvalue weighted by molar-refractivity contribution is 5.96. The van der Waals surface area contributed by atoms with Crippen LogP contribution in [0, 0.1) is 13.8 Å². The Morgan fingerprint density at radius 2 is 2.15 bits per heavy atom. The van der Waals surface area contributed by atoms with Crippen LogP contribution in [0.3, 0.4) is 0 Å². The highest BCUT2D eigenvalue weighted by Gasteiger charge is 2.10. The van der Waals surface area contributed by atoms with Crippen molar-refractivity contribution in [2.45, 2.75) is 13.8 Å². The van der Waals surface area contributed by atoms with Gasteiger partial charge in [0.1, 0.15) is 0 Å². The monoisotopic (exact) mass is 175 g/mol.